The molecule has 9 nitrogen and oxygen atoms in total. The molecule has 0 saturated carbocycles. The van der Waals surface area contributed by atoms with Gasteiger partial charge in [-0.1, -0.05) is 25.9 Å². The summed E-state index contributed by atoms with van der Waals surface area (Å²) in [5.74, 6) is -4.81. The third kappa shape index (κ3) is 5.24. The summed E-state index contributed by atoms with van der Waals surface area (Å²) in [6.07, 6.45) is 0.853. The molecule has 1 aliphatic rings. The summed E-state index contributed by atoms with van der Waals surface area (Å²) >= 11 is 0. The van der Waals surface area contributed by atoms with Crippen LogP contribution in [-0.4, -0.2) is 53.7 Å². The molecule has 0 aromatic carbocycles. The summed E-state index contributed by atoms with van der Waals surface area (Å²) in [5, 5.41) is 12.1. The van der Waals surface area contributed by atoms with Gasteiger partial charge in [-0.25, -0.2) is 0 Å². The predicted octanol–water partition coefficient (Wildman–Crippen LogP) is 1.73. The fourth-order valence-electron chi connectivity index (χ4n) is 4.38. The summed E-state index contributed by atoms with van der Waals surface area (Å²) in [6, 6.07) is 0. The first kappa shape index (κ1) is 25.7. The predicted molar refractivity (Wildman–Crippen MR) is 109 cm³/mol. The number of nitrogens with two attached hydrogens (primary N) is 1. The van der Waals surface area contributed by atoms with Gasteiger partial charge in [-0.2, -0.15) is 0 Å². The number of nitrogens with zero attached hydrogens (tertiary/aromatic N) is 1. The number of ketones is 2. The first-order valence-electron chi connectivity index (χ1n) is 10.2. The van der Waals surface area contributed by atoms with Crippen LogP contribution in [0.15, 0.2) is 5.16 Å². The van der Waals surface area contributed by atoms with Crippen molar-refractivity contribution in [1.29, 1.82) is 0 Å². The maximum absolute atomic E-state index is 13.0. The number of aldehydes is 1. The molecule has 170 valence electrons. The van der Waals surface area contributed by atoms with Crippen LogP contribution < -0.4 is 5.73 Å². The SMILES string of the molecule is CC[C@H](OC)C1(C)OC(=O)C(/C(N)=N/O)C1CC(=O)[C@H](C)CC(C)C(=O)C(C)C=O. The van der Waals surface area contributed by atoms with E-state index in [4.69, 9.17) is 20.4 Å². The molecule has 0 spiro atoms. The van der Waals surface area contributed by atoms with Crippen molar-refractivity contribution in [2.75, 3.05) is 7.11 Å². The molecule has 0 aliphatic carbocycles. The van der Waals surface area contributed by atoms with Gasteiger partial charge in [-0.3, -0.25) is 14.4 Å². The van der Waals surface area contributed by atoms with E-state index in [-0.39, 0.29) is 30.2 Å². The lowest BCUT2D eigenvalue weighted by atomic mass is 9.73. The molecule has 3 N–H and O–H groups in total. The minimum atomic E-state index is -1.14. The van der Waals surface area contributed by atoms with Crippen molar-refractivity contribution in [2.45, 2.75) is 65.6 Å². The largest absolute Gasteiger partial charge is 0.456 e. The molecule has 0 bridgehead atoms. The third-order valence-corrected chi connectivity index (χ3v) is 6.26. The van der Waals surface area contributed by atoms with Crippen LogP contribution in [0.4, 0.5) is 0 Å². The minimum absolute atomic E-state index is 0.0612. The fraction of sp³-hybridized carbons (Fsp3) is 0.762. The quantitative estimate of drug-likeness (QED) is 0.0912. The number of hydrogen-bond donors (Lipinski definition) is 2. The summed E-state index contributed by atoms with van der Waals surface area (Å²) in [7, 11) is 1.49. The number of carbonyl (C=O) groups is 4. The summed E-state index contributed by atoms with van der Waals surface area (Å²) < 4.78 is 11.1. The molecule has 30 heavy (non-hydrogen) atoms. The monoisotopic (exact) mass is 426 g/mol. The molecular weight excluding hydrogens is 392 g/mol. The molecule has 7 atom stereocenters. The van der Waals surface area contributed by atoms with Crippen molar-refractivity contribution in [3.63, 3.8) is 0 Å². The van der Waals surface area contributed by atoms with Crippen molar-refractivity contribution in [3.05, 3.63) is 0 Å². The second kappa shape index (κ2) is 10.7. The lowest BCUT2D eigenvalue weighted by Gasteiger charge is -2.36. The summed E-state index contributed by atoms with van der Waals surface area (Å²) in [4.78, 5) is 48.6. The first-order valence-corrected chi connectivity index (χ1v) is 10.2. The highest BCUT2D eigenvalue weighted by Crippen LogP contribution is 2.44. The van der Waals surface area contributed by atoms with Crippen molar-refractivity contribution in [2.24, 2.45) is 40.5 Å². The highest BCUT2D eigenvalue weighted by atomic mass is 16.6. The van der Waals surface area contributed by atoms with E-state index in [2.05, 4.69) is 5.16 Å². The zero-order valence-corrected chi connectivity index (χ0v) is 18.6. The van der Waals surface area contributed by atoms with Gasteiger partial charge in [0.2, 0.25) is 0 Å². The van der Waals surface area contributed by atoms with E-state index in [9.17, 15) is 19.2 Å². The number of Topliss-reactive ketones (excluding diaryl/α,β-unsaturated/α-hetero) is 2. The van der Waals surface area contributed by atoms with E-state index in [0.29, 0.717) is 12.7 Å². The molecule has 1 rings (SSSR count). The average molecular weight is 427 g/mol. The number of rotatable bonds is 12. The zero-order valence-electron chi connectivity index (χ0n) is 18.6. The van der Waals surface area contributed by atoms with Crippen LogP contribution >= 0.6 is 0 Å². The molecule has 0 aromatic rings. The van der Waals surface area contributed by atoms with E-state index in [1.807, 2.05) is 6.92 Å². The number of esters is 1. The molecule has 0 aromatic heterocycles. The number of hydrogen-bond acceptors (Lipinski definition) is 8. The highest BCUT2D eigenvalue weighted by molar-refractivity contribution is 6.02. The molecule has 1 heterocycles. The van der Waals surface area contributed by atoms with E-state index < -0.39 is 47.3 Å². The van der Waals surface area contributed by atoms with Crippen LogP contribution in [0.5, 0.6) is 0 Å². The van der Waals surface area contributed by atoms with Crippen LogP contribution in [0.2, 0.25) is 0 Å². The normalized spacial score (nSPS) is 28.3. The Bertz CT molecular complexity index is 689. The highest BCUT2D eigenvalue weighted by Gasteiger charge is 2.58. The molecule has 1 aliphatic heterocycles. The molecule has 1 fully saturated rings. The molecule has 1 saturated heterocycles. The Hall–Kier alpha value is -2.29. The van der Waals surface area contributed by atoms with Crippen molar-refractivity contribution < 1.29 is 33.9 Å². The van der Waals surface area contributed by atoms with E-state index in [1.165, 1.54) is 14.0 Å². The molecule has 0 radical (unpaired) electrons. The molecule has 9 heteroatoms. The molecular formula is C21H34N2O7. The van der Waals surface area contributed by atoms with Gasteiger partial charge in [-0.15, -0.1) is 0 Å². The molecule has 0 amide bonds. The second-order valence-electron chi connectivity index (χ2n) is 8.38. The van der Waals surface area contributed by atoms with Gasteiger partial charge in [0.25, 0.3) is 0 Å². The first-order chi connectivity index (χ1) is 14.0. The van der Waals surface area contributed by atoms with Gasteiger partial charge in [-0.05, 0) is 26.7 Å². The fourth-order valence-corrected chi connectivity index (χ4v) is 4.38. The smallest absolute Gasteiger partial charge is 0.317 e. The Morgan fingerprint density at radius 2 is 1.93 bits per heavy atom. The number of carbonyl (C=O) groups excluding carboxylic acids is 4. The second-order valence-corrected chi connectivity index (χ2v) is 8.38. The maximum Gasteiger partial charge on any atom is 0.317 e. The Morgan fingerprint density at radius 3 is 2.40 bits per heavy atom. The van der Waals surface area contributed by atoms with Gasteiger partial charge in [0, 0.05) is 31.3 Å². The minimum Gasteiger partial charge on any atom is -0.456 e. The van der Waals surface area contributed by atoms with E-state index in [0.717, 1.165) is 0 Å². The Kier molecular flexibility index (Phi) is 9.14. The van der Waals surface area contributed by atoms with E-state index in [1.54, 1.807) is 20.8 Å². The Morgan fingerprint density at radius 1 is 1.33 bits per heavy atom. The zero-order chi connectivity index (χ0) is 23.2. The van der Waals surface area contributed by atoms with Gasteiger partial charge in [0.15, 0.2) is 5.84 Å². The number of oxime groups is 1. The topological polar surface area (TPSA) is 145 Å². The van der Waals surface area contributed by atoms with Crippen LogP contribution in [-0.2, 0) is 28.7 Å². The van der Waals surface area contributed by atoms with Crippen molar-refractivity contribution in [3.8, 4) is 0 Å². The summed E-state index contributed by atoms with van der Waals surface area (Å²) in [6.45, 7) is 8.48. The Balaban J connectivity index is 3.10. The van der Waals surface area contributed by atoms with Gasteiger partial charge < -0.3 is 25.2 Å². The number of cyclic esters (lactones) is 1. The van der Waals surface area contributed by atoms with Gasteiger partial charge in [0.1, 0.15) is 29.4 Å². The van der Waals surface area contributed by atoms with Crippen molar-refractivity contribution in [1.82, 2.24) is 0 Å². The van der Waals surface area contributed by atoms with Crippen molar-refractivity contribution >= 4 is 29.7 Å². The van der Waals surface area contributed by atoms with Gasteiger partial charge >= 0.3 is 5.97 Å². The van der Waals surface area contributed by atoms with E-state index >= 15 is 0 Å². The van der Waals surface area contributed by atoms with Crippen LogP contribution in [0.3, 0.4) is 0 Å². The lowest BCUT2D eigenvalue weighted by Crippen LogP contribution is -2.48. The summed E-state index contributed by atoms with van der Waals surface area (Å²) in [5.41, 5.74) is 4.62. The van der Waals surface area contributed by atoms with Crippen LogP contribution in [0, 0.1) is 29.6 Å². The lowest BCUT2D eigenvalue weighted by molar-refractivity contribution is -0.163. The third-order valence-electron chi connectivity index (χ3n) is 6.26. The Labute approximate surface area is 177 Å². The number of ether oxygens (including phenoxy) is 2. The number of methoxy groups -OCH3 is 1. The van der Waals surface area contributed by atoms with Crippen LogP contribution in [0.25, 0.3) is 0 Å². The number of amidine groups is 1. The van der Waals surface area contributed by atoms with Gasteiger partial charge in [0.05, 0.1) is 12.0 Å². The average Bonchev–Trinajstić information content (AvgIpc) is 2.96. The molecule has 5 unspecified atom stereocenters. The standard InChI is InChI=1S/C21H34N2O7/c1-7-16(29-6)21(5)14(17(19(22)23-28)20(27)30-21)9-15(25)11(2)8-12(3)18(26)13(4)10-24/h10-14,16-17,28H,7-9H2,1-6H3,(H2,22,23)/t11-,12?,13?,14?,16+,17?,21?/m1/s1. The van der Waals surface area contributed by atoms with Crippen LogP contribution in [0.1, 0.15) is 53.9 Å². The maximum atomic E-state index is 13.0.